The van der Waals surface area contributed by atoms with Crippen molar-refractivity contribution in [3.63, 3.8) is 0 Å². The number of carbonyl (C=O) groups is 2. The van der Waals surface area contributed by atoms with Crippen LogP contribution in [0.3, 0.4) is 0 Å². The van der Waals surface area contributed by atoms with E-state index in [1.807, 2.05) is 48.5 Å². The molecular weight excluding hydrogens is 330 g/mol. The topological polar surface area (TPSA) is 37.4 Å². The van der Waals surface area contributed by atoms with Gasteiger partial charge in [0, 0.05) is 6.42 Å². The Bertz CT molecular complexity index is 702. The van der Waals surface area contributed by atoms with Gasteiger partial charge < -0.3 is 4.90 Å². The lowest BCUT2D eigenvalue weighted by atomic mass is 10.1. The van der Waals surface area contributed by atoms with E-state index < -0.39 is 0 Å². The number of hydrogen-bond acceptors (Lipinski definition) is 3. The second-order valence-electron chi connectivity index (χ2n) is 6.31. The molecule has 0 radical (unpaired) electrons. The van der Waals surface area contributed by atoms with Crippen molar-refractivity contribution in [3.05, 3.63) is 71.8 Å². The van der Waals surface area contributed by atoms with Crippen molar-refractivity contribution in [2.75, 3.05) is 12.3 Å². The number of β-lactam (4-membered cyclic amide) rings is 1. The van der Waals surface area contributed by atoms with Crippen LogP contribution in [0.15, 0.2) is 60.7 Å². The van der Waals surface area contributed by atoms with E-state index in [9.17, 15) is 9.59 Å². The molecular formula is C21H23NO2S. The summed E-state index contributed by atoms with van der Waals surface area (Å²) in [7, 11) is 0. The molecule has 1 atom stereocenters. The Hall–Kier alpha value is -2.07. The summed E-state index contributed by atoms with van der Waals surface area (Å²) in [6.07, 6.45) is 2.79. The molecule has 4 heteroatoms. The van der Waals surface area contributed by atoms with E-state index in [0.29, 0.717) is 12.8 Å². The summed E-state index contributed by atoms with van der Waals surface area (Å²) in [6.45, 7) is 0.259. The highest BCUT2D eigenvalue weighted by molar-refractivity contribution is 7.99. The van der Waals surface area contributed by atoms with Gasteiger partial charge in [0.15, 0.2) is 5.78 Å². The van der Waals surface area contributed by atoms with Gasteiger partial charge in [0.05, 0.1) is 18.3 Å². The Morgan fingerprint density at radius 2 is 1.56 bits per heavy atom. The Morgan fingerprint density at radius 1 is 0.960 bits per heavy atom. The summed E-state index contributed by atoms with van der Waals surface area (Å²) < 4.78 is 0. The highest BCUT2D eigenvalue weighted by atomic mass is 32.2. The number of amides is 1. The molecule has 3 rings (SSSR count). The fourth-order valence-corrected chi connectivity index (χ4v) is 4.18. The standard InChI is InChI=1S/C21H23NO2S/c23-19(12-11-17-7-3-1-4-8-17)16-22-20(24)15-21(22)25-14-13-18-9-5-2-6-10-18/h1-10,21H,11-16H2. The van der Waals surface area contributed by atoms with Crippen LogP contribution in [-0.2, 0) is 22.4 Å². The van der Waals surface area contributed by atoms with Crippen molar-refractivity contribution in [1.82, 2.24) is 4.90 Å². The highest BCUT2D eigenvalue weighted by Crippen LogP contribution is 2.29. The van der Waals surface area contributed by atoms with Crippen molar-refractivity contribution in [1.29, 1.82) is 0 Å². The third-order valence-electron chi connectivity index (χ3n) is 4.44. The minimum Gasteiger partial charge on any atom is -0.323 e. The summed E-state index contributed by atoms with van der Waals surface area (Å²) in [5.74, 6) is 1.22. The maximum atomic E-state index is 12.2. The number of benzene rings is 2. The summed E-state index contributed by atoms with van der Waals surface area (Å²) in [6, 6.07) is 20.4. The molecule has 2 aromatic carbocycles. The predicted molar refractivity (Wildman–Crippen MR) is 102 cm³/mol. The predicted octanol–water partition coefficient (Wildman–Crippen LogP) is 3.72. The van der Waals surface area contributed by atoms with Crippen molar-refractivity contribution in [3.8, 4) is 0 Å². The molecule has 1 aliphatic rings. The number of hydrogen-bond donors (Lipinski definition) is 0. The number of carbonyl (C=O) groups excluding carboxylic acids is 2. The lowest BCUT2D eigenvalue weighted by molar-refractivity contribution is -0.144. The maximum absolute atomic E-state index is 12.2. The summed E-state index contributed by atoms with van der Waals surface area (Å²) >= 11 is 1.78. The van der Waals surface area contributed by atoms with Crippen LogP contribution < -0.4 is 0 Å². The Morgan fingerprint density at radius 3 is 2.16 bits per heavy atom. The molecule has 1 unspecified atom stereocenters. The van der Waals surface area contributed by atoms with Gasteiger partial charge in [-0.15, -0.1) is 11.8 Å². The molecule has 0 aliphatic carbocycles. The number of aryl methyl sites for hydroxylation is 2. The van der Waals surface area contributed by atoms with E-state index in [1.54, 1.807) is 16.7 Å². The van der Waals surface area contributed by atoms with Gasteiger partial charge in [-0.1, -0.05) is 60.7 Å². The SMILES string of the molecule is O=C(CCc1ccccc1)CN1C(=O)CC1SCCc1ccccc1. The zero-order valence-electron chi connectivity index (χ0n) is 14.3. The van der Waals surface area contributed by atoms with Gasteiger partial charge in [-0.2, -0.15) is 0 Å². The Labute approximate surface area is 153 Å². The third-order valence-corrected chi connectivity index (χ3v) is 5.69. The van der Waals surface area contributed by atoms with Gasteiger partial charge in [-0.05, 0) is 29.7 Å². The van der Waals surface area contributed by atoms with Gasteiger partial charge >= 0.3 is 0 Å². The zero-order valence-corrected chi connectivity index (χ0v) is 15.1. The fraction of sp³-hybridized carbons (Fsp3) is 0.333. The van der Waals surface area contributed by atoms with Crippen LogP contribution >= 0.6 is 11.8 Å². The van der Waals surface area contributed by atoms with Gasteiger partial charge in [0.2, 0.25) is 5.91 Å². The van der Waals surface area contributed by atoms with E-state index in [0.717, 1.165) is 18.6 Å². The van der Waals surface area contributed by atoms with E-state index in [-0.39, 0.29) is 23.6 Å². The lowest BCUT2D eigenvalue weighted by Gasteiger charge is -2.39. The molecule has 1 heterocycles. The van der Waals surface area contributed by atoms with Crippen LogP contribution in [0.5, 0.6) is 0 Å². The van der Waals surface area contributed by atoms with Crippen LogP contribution in [0.4, 0.5) is 0 Å². The monoisotopic (exact) mass is 353 g/mol. The molecule has 0 spiro atoms. The number of rotatable bonds is 9. The minimum absolute atomic E-state index is 0.102. The summed E-state index contributed by atoms with van der Waals surface area (Å²) in [4.78, 5) is 25.8. The van der Waals surface area contributed by atoms with E-state index in [4.69, 9.17) is 0 Å². The number of likely N-dealkylation sites (tertiary alicyclic amines) is 1. The second kappa shape index (κ2) is 8.86. The number of Topliss-reactive ketones (excluding diaryl/α,β-unsaturated/α-hetero) is 1. The number of thioether (sulfide) groups is 1. The van der Waals surface area contributed by atoms with Crippen molar-refractivity contribution >= 4 is 23.5 Å². The maximum Gasteiger partial charge on any atom is 0.226 e. The highest BCUT2D eigenvalue weighted by Gasteiger charge is 2.36. The molecule has 1 aliphatic heterocycles. The molecule has 3 nitrogen and oxygen atoms in total. The smallest absolute Gasteiger partial charge is 0.226 e. The lowest BCUT2D eigenvalue weighted by Crippen LogP contribution is -2.52. The fourth-order valence-electron chi connectivity index (χ4n) is 2.92. The average molecular weight is 353 g/mol. The van der Waals surface area contributed by atoms with E-state index in [2.05, 4.69) is 12.1 Å². The second-order valence-corrected chi connectivity index (χ2v) is 7.60. The first kappa shape index (κ1) is 17.7. The first-order valence-corrected chi connectivity index (χ1v) is 9.78. The summed E-state index contributed by atoms with van der Waals surface area (Å²) in [5, 5.41) is 0.164. The van der Waals surface area contributed by atoms with Crippen molar-refractivity contribution < 1.29 is 9.59 Å². The van der Waals surface area contributed by atoms with Crippen LogP contribution in [0.2, 0.25) is 0 Å². The van der Waals surface area contributed by atoms with E-state index in [1.165, 1.54) is 11.1 Å². The van der Waals surface area contributed by atoms with E-state index >= 15 is 0 Å². The third kappa shape index (κ3) is 5.20. The molecule has 0 bridgehead atoms. The molecule has 0 N–H and O–H groups in total. The van der Waals surface area contributed by atoms with Gasteiger partial charge in [0.1, 0.15) is 0 Å². The van der Waals surface area contributed by atoms with Gasteiger partial charge in [-0.3, -0.25) is 9.59 Å². The molecule has 0 saturated carbocycles. The van der Waals surface area contributed by atoms with Crippen molar-refractivity contribution in [2.24, 2.45) is 0 Å². The molecule has 0 aromatic heterocycles. The number of nitrogens with zero attached hydrogens (tertiary/aromatic N) is 1. The zero-order chi connectivity index (χ0) is 17.5. The quantitative estimate of drug-likeness (QED) is 0.645. The first-order valence-electron chi connectivity index (χ1n) is 8.73. The molecule has 1 fully saturated rings. The summed E-state index contributed by atoms with van der Waals surface area (Å²) in [5.41, 5.74) is 2.48. The van der Waals surface area contributed by atoms with Gasteiger partial charge in [-0.25, -0.2) is 0 Å². The molecule has 25 heavy (non-hydrogen) atoms. The Balaban J connectivity index is 1.40. The Kier molecular flexibility index (Phi) is 6.29. The minimum atomic E-state index is 0.102. The normalized spacial score (nSPS) is 16.6. The van der Waals surface area contributed by atoms with Crippen LogP contribution in [0, 0.1) is 0 Å². The van der Waals surface area contributed by atoms with Crippen molar-refractivity contribution in [2.45, 2.75) is 31.1 Å². The average Bonchev–Trinajstić information content (AvgIpc) is 2.65. The largest absolute Gasteiger partial charge is 0.323 e. The van der Waals surface area contributed by atoms with Crippen LogP contribution in [0.1, 0.15) is 24.0 Å². The molecule has 1 saturated heterocycles. The number of ketones is 1. The first-order chi connectivity index (χ1) is 12.2. The molecule has 1 amide bonds. The molecule has 2 aromatic rings. The molecule has 130 valence electrons. The van der Waals surface area contributed by atoms with Crippen LogP contribution in [-0.4, -0.2) is 34.3 Å². The van der Waals surface area contributed by atoms with Gasteiger partial charge in [0.25, 0.3) is 0 Å². The van der Waals surface area contributed by atoms with Crippen LogP contribution in [0.25, 0.3) is 0 Å².